The molecule has 21 heavy (non-hydrogen) atoms. The minimum Gasteiger partial charge on any atom is -0.309 e. The van der Waals surface area contributed by atoms with Crippen LogP contribution in [0.15, 0.2) is 29.4 Å². The Morgan fingerprint density at radius 3 is 2.71 bits per heavy atom. The predicted molar refractivity (Wildman–Crippen MR) is 82.8 cm³/mol. The molecule has 112 valence electrons. The molecular formula is C16H20FN3S. The number of nitrogens with zero attached hydrogens (tertiary/aromatic N) is 3. The maximum Gasteiger partial charge on any atom is 0.191 e. The van der Waals surface area contributed by atoms with Gasteiger partial charge in [0, 0.05) is 18.7 Å². The van der Waals surface area contributed by atoms with Gasteiger partial charge in [0.25, 0.3) is 0 Å². The van der Waals surface area contributed by atoms with Crippen molar-refractivity contribution in [3.05, 3.63) is 41.5 Å². The summed E-state index contributed by atoms with van der Waals surface area (Å²) in [6.07, 6.45) is 6.33. The highest BCUT2D eigenvalue weighted by molar-refractivity contribution is 7.98. The van der Waals surface area contributed by atoms with Crippen molar-refractivity contribution in [2.45, 2.75) is 48.9 Å². The van der Waals surface area contributed by atoms with E-state index in [0.717, 1.165) is 11.0 Å². The van der Waals surface area contributed by atoms with Gasteiger partial charge in [-0.15, -0.1) is 10.2 Å². The molecule has 1 aromatic carbocycles. The Labute approximate surface area is 129 Å². The maximum absolute atomic E-state index is 13.6. The van der Waals surface area contributed by atoms with Crippen LogP contribution >= 0.6 is 11.8 Å². The van der Waals surface area contributed by atoms with Gasteiger partial charge < -0.3 is 4.57 Å². The molecule has 1 heterocycles. The Bertz CT molecular complexity index is 605. The number of rotatable bonds is 4. The lowest BCUT2D eigenvalue weighted by molar-refractivity contribution is 0.418. The number of hydrogen-bond acceptors (Lipinski definition) is 3. The first-order valence-corrected chi connectivity index (χ1v) is 8.50. The number of aromatic nitrogens is 3. The Hall–Kier alpha value is -1.36. The SMILES string of the molecule is Cn1c(SCc2ccccc2F)nnc1C1CCCCC1. The summed E-state index contributed by atoms with van der Waals surface area (Å²) in [7, 11) is 2.02. The van der Waals surface area contributed by atoms with Gasteiger partial charge in [0.2, 0.25) is 0 Å². The maximum atomic E-state index is 13.6. The van der Waals surface area contributed by atoms with Crippen molar-refractivity contribution in [1.29, 1.82) is 0 Å². The summed E-state index contributed by atoms with van der Waals surface area (Å²) >= 11 is 1.55. The molecule has 0 bridgehead atoms. The van der Waals surface area contributed by atoms with Crippen LogP contribution in [-0.4, -0.2) is 14.8 Å². The molecule has 0 spiro atoms. The highest BCUT2D eigenvalue weighted by Gasteiger charge is 2.21. The van der Waals surface area contributed by atoms with Crippen molar-refractivity contribution >= 4 is 11.8 Å². The summed E-state index contributed by atoms with van der Waals surface area (Å²) in [6.45, 7) is 0. The van der Waals surface area contributed by atoms with Crippen LogP contribution in [-0.2, 0) is 12.8 Å². The number of halogens is 1. The fourth-order valence-electron chi connectivity index (χ4n) is 2.93. The largest absolute Gasteiger partial charge is 0.309 e. The van der Waals surface area contributed by atoms with Crippen LogP contribution in [0.3, 0.4) is 0 Å². The lowest BCUT2D eigenvalue weighted by Gasteiger charge is -2.20. The molecule has 0 amide bonds. The van der Waals surface area contributed by atoms with Gasteiger partial charge in [-0.25, -0.2) is 4.39 Å². The molecule has 2 aromatic rings. The molecule has 1 fully saturated rings. The quantitative estimate of drug-likeness (QED) is 0.789. The summed E-state index contributed by atoms with van der Waals surface area (Å²) in [5, 5.41) is 9.54. The molecule has 1 aliphatic rings. The van der Waals surface area contributed by atoms with E-state index in [1.54, 1.807) is 17.8 Å². The third-order valence-electron chi connectivity index (χ3n) is 4.15. The summed E-state index contributed by atoms with van der Waals surface area (Å²) in [5.41, 5.74) is 0.713. The number of thioether (sulfide) groups is 1. The highest BCUT2D eigenvalue weighted by atomic mass is 32.2. The van der Waals surface area contributed by atoms with Crippen molar-refractivity contribution in [3.8, 4) is 0 Å². The number of hydrogen-bond donors (Lipinski definition) is 0. The summed E-state index contributed by atoms with van der Waals surface area (Å²) in [6, 6.07) is 6.90. The van der Waals surface area contributed by atoms with Gasteiger partial charge in [-0.3, -0.25) is 0 Å². The van der Waals surface area contributed by atoms with Crippen LogP contribution in [0.5, 0.6) is 0 Å². The molecule has 0 saturated heterocycles. The van der Waals surface area contributed by atoms with Crippen LogP contribution in [0, 0.1) is 5.82 Å². The Balaban J connectivity index is 1.69. The molecule has 1 aliphatic carbocycles. The van der Waals surface area contributed by atoms with Gasteiger partial charge in [-0.2, -0.15) is 0 Å². The fraction of sp³-hybridized carbons (Fsp3) is 0.500. The number of benzene rings is 1. The van der Waals surface area contributed by atoms with Gasteiger partial charge in [0.05, 0.1) is 0 Å². The third-order valence-corrected chi connectivity index (χ3v) is 5.22. The fourth-order valence-corrected chi connectivity index (χ4v) is 3.83. The normalized spacial score (nSPS) is 16.3. The van der Waals surface area contributed by atoms with Crippen molar-refractivity contribution in [2.24, 2.45) is 7.05 Å². The second-order valence-electron chi connectivity index (χ2n) is 5.61. The molecule has 1 saturated carbocycles. The first kappa shape index (κ1) is 14.6. The monoisotopic (exact) mass is 305 g/mol. The molecule has 0 unspecified atom stereocenters. The van der Waals surface area contributed by atoms with Crippen molar-refractivity contribution in [1.82, 2.24) is 14.8 Å². The Morgan fingerprint density at radius 1 is 1.19 bits per heavy atom. The van der Waals surface area contributed by atoms with E-state index < -0.39 is 0 Å². The lowest BCUT2D eigenvalue weighted by atomic mass is 9.89. The minimum absolute atomic E-state index is 0.153. The van der Waals surface area contributed by atoms with Crippen LogP contribution in [0.25, 0.3) is 0 Å². The predicted octanol–water partition coefficient (Wildman–Crippen LogP) is 4.29. The van der Waals surface area contributed by atoms with Crippen LogP contribution in [0.1, 0.15) is 49.4 Å². The molecule has 0 radical (unpaired) electrons. The summed E-state index contributed by atoms with van der Waals surface area (Å²) in [4.78, 5) is 0. The second-order valence-corrected chi connectivity index (χ2v) is 6.56. The highest BCUT2D eigenvalue weighted by Crippen LogP contribution is 2.33. The van der Waals surface area contributed by atoms with E-state index in [2.05, 4.69) is 14.8 Å². The lowest BCUT2D eigenvalue weighted by Crippen LogP contribution is -2.10. The van der Waals surface area contributed by atoms with Gasteiger partial charge in [0.1, 0.15) is 11.6 Å². The topological polar surface area (TPSA) is 30.7 Å². The van der Waals surface area contributed by atoms with Crippen LogP contribution in [0.4, 0.5) is 4.39 Å². The van der Waals surface area contributed by atoms with E-state index in [1.165, 1.54) is 38.2 Å². The second kappa shape index (κ2) is 6.60. The molecule has 3 nitrogen and oxygen atoms in total. The van der Waals surface area contributed by atoms with E-state index in [4.69, 9.17) is 0 Å². The van der Waals surface area contributed by atoms with Gasteiger partial charge in [-0.05, 0) is 24.5 Å². The molecule has 0 atom stereocenters. The van der Waals surface area contributed by atoms with E-state index in [-0.39, 0.29) is 5.82 Å². The molecule has 1 aromatic heterocycles. The zero-order valence-corrected chi connectivity index (χ0v) is 13.1. The smallest absolute Gasteiger partial charge is 0.191 e. The molecule has 5 heteroatoms. The van der Waals surface area contributed by atoms with Crippen molar-refractivity contribution in [2.75, 3.05) is 0 Å². The van der Waals surface area contributed by atoms with Crippen LogP contribution < -0.4 is 0 Å². The van der Waals surface area contributed by atoms with E-state index >= 15 is 0 Å². The summed E-state index contributed by atoms with van der Waals surface area (Å²) in [5.74, 6) is 2.06. The molecule has 0 N–H and O–H groups in total. The van der Waals surface area contributed by atoms with Crippen molar-refractivity contribution < 1.29 is 4.39 Å². The van der Waals surface area contributed by atoms with Crippen LogP contribution in [0.2, 0.25) is 0 Å². The standard InChI is InChI=1S/C16H20FN3S/c1-20-15(12-7-3-2-4-8-12)18-19-16(20)21-11-13-9-5-6-10-14(13)17/h5-6,9-10,12H,2-4,7-8,11H2,1H3. The third kappa shape index (κ3) is 3.28. The van der Waals surface area contributed by atoms with Crippen molar-refractivity contribution in [3.63, 3.8) is 0 Å². The summed E-state index contributed by atoms with van der Waals surface area (Å²) < 4.78 is 15.7. The molecule has 3 rings (SSSR count). The van der Waals surface area contributed by atoms with E-state index in [9.17, 15) is 4.39 Å². The zero-order chi connectivity index (χ0) is 14.7. The molecular weight excluding hydrogens is 285 g/mol. The van der Waals surface area contributed by atoms with Gasteiger partial charge in [-0.1, -0.05) is 49.2 Å². The Kier molecular flexibility index (Phi) is 4.58. The average molecular weight is 305 g/mol. The first-order valence-electron chi connectivity index (χ1n) is 7.51. The molecule has 0 aliphatic heterocycles. The van der Waals surface area contributed by atoms with E-state index in [1.807, 2.05) is 19.2 Å². The minimum atomic E-state index is -0.153. The van der Waals surface area contributed by atoms with E-state index in [0.29, 0.717) is 17.2 Å². The zero-order valence-electron chi connectivity index (χ0n) is 12.3. The van der Waals surface area contributed by atoms with Gasteiger partial charge >= 0.3 is 0 Å². The Morgan fingerprint density at radius 2 is 1.95 bits per heavy atom. The van der Waals surface area contributed by atoms with Gasteiger partial charge in [0.15, 0.2) is 5.16 Å². The first-order chi connectivity index (χ1) is 10.3. The average Bonchev–Trinajstić information content (AvgIpc) is 2.88.